The van der Waals surface area contributed by atoms with E-state index >= 15 is 0 Å². The van der Waals surface area contributed by atoms with Gasteiger partial charge in [0.2, 0.25) is 5.91 Å². The van der Waals surface area contributed by atoms with Crippen molar-refractivity contribution >= 4 is 11.8 Å². The van der Waals surface area contributed by atoms with E-state index in [0.29, 0.717) is 31.2 Å². The van der Waals surface area contributed by atoms with E-state index < -0.39 is 6.04 Å². The molecule has 0 fully saturated rings. The van der Waals surface area contributed by atoms with Crippen molar-refractivity contribution in [1.29, 1.82) is 0 Å². The van der Waals surface area contributed by atoms with Crippen molar-refractivity contribution in [1.82, 2.24) is 10.2 Å². The van der Waals surface area contributed by atoms with Crippen LogP contribution in [0.15, 0.2) is 54.6 Å². The van der Waals surface area contributed by atoms with Crippen LogP contribution in [-0.4, -0.2) is 35.9 Å². The third-order valence-corrected chi connectivity index (χ3v) is 4.71. The Hall–Kier alpha value is -2.82. The Morgan fingerprint density at radius 1 is 1.03 bits per heavy atom. The van der Waals surface area contributed by atoms with Crippen LogP contribution in [-0.2, 0) is 16.1 Å². The second-order valence-electron chi connectivity index (χ2n) is 7.62. The van der Waals surface area contributed by atoms with Gasteiger partial charge in [-0.25, -0.2) is 0 Å². The highest BCUT2D eigenvalue weighted by atomic mass is 16.5. The summed E-state index contributed by atoms with van der Waals surface area (Å²) in [5, 5.41) is 2.96. The zero-order chi connectivity index (χ0) is 21.2. The van der Waals surface area contributed by atoms with E-state index in [0.717, 1.165) is 11.1 Å². The fourth-order valence-electron chi connectivity index (χ4n) is 3.06. The van der Waals surface area contributed by atoms with Crippen LogP contribution in [0.25, 0.3) is 0 Å². The summed E-state index contributed by atoms with van der Waals surface area (Å²) >= 11 is 0. The van der Waals surface area contributed by atoms with E-state index in [4.69, 9.17) is 4.74 Å². The van der Waals surface area contributed by atoms with E-state index in [1.165, 1.54) is 0 Å². The molecule has 156 valence electrons. The summed E-state index contributed by atoms with van der Waals surface area (Å²) in [5.74, 6) is 0.696. The standard InChI is InChI=1S/C24H32N2O3/c1-5-21(24(28)25-15-18(2)3)26(16-20-12-7-6-8-13-20)23(27)17-29-22-14-10-9-11-19(22)4/h6-14,18,21H,5,15-17H2,1-4H3,(H,25,28)/t21-/m1/s1. The molecule has 0 aliphatic carbocycles. The Labute approximate surface area is 174 Å². The van der Waals surface area contributed by atoms with Gasteiger partial charge in [-0.15, -0.1) is 0 Å². The van der Waals surface area contributed by atoms with Gasteiger partial charge in [0.05, 0.1) is 0 Å². The third kappa shape index (κ3) is 6.93. The third-order valence-electron chi connectivity index (χ3n) is 4.71. The summed E-state index contributed by atoms with van der Waals surface area (Å²) in [6.07, 6.45) is 0.535. The predicted octanol–water partition coefficient (Wildman–Crippen LogP) is 3.95. The molecule has 0 aliphatic heterocycles. The zero-order valence-electron chi connectivity index (χ0n) is 17.9. The Bertz CT molecular complexity index is 790. The van der Waals surface area contributed by atoms with E-state index in [-0.39, 0.29) is 18.4 Å². The van der Waals surface area contributed by atoms with Gasteiger partial charge in [0.25, 0.3) is 5.91 Å². The molecule has 0 radical (unpaired) electrons. The van der Waals surface area contributed by atoms with E-state index in [1.807, 2.05) is 82.3 Å². The van der Waals surface area contributed by atoms with E-state index in [2.05, 4.69) is 5.32 Å². The minimum absolute atomic E-state index is 0.106. The number of ether oxygens (including phenoxy) is 1. The van der Waals surface area contributed by atoms with Gasteiger partial charge >= 0.3 is 0 Å². The fourth-order valence-corrected chi connectivity index (χ4v) is 3.06. The molecule has 2 rings (SSSR count). The minimum Gasteiger partial charge on any atom is -0.484 e. The van der Waals surface area contributed by atoms with Crippen molar-refractivity contribution in [3.8, 4) is 5.75 Å². The summed E-state index contributed by atoms with van der Waals surface area (Å²) in [7, 11) is 0. The highest BCUT2D eigenvalue weighted by Gasteiger charge is 2.29. The SMILES string of the molecule is CC[C@H](C(=O)NCC(C)C)N(Cc1ccccc1)C(=O)COc1ccccc1C. The van der Waals surface area contributed by atoms with Gasteiger partial charge in [-0.3, -0.25) is 9.59 Å². The molecule has 1 N–H and O–H groups in total. The van der Waals surface area contributed by atoms with Crippen LogP contribution in [0.1, 0.15) is 38.3 Å². The number of rotatable bonds is 10. The predicted molar refractivity (Wildman–Crippen MR) is 116 cm³/mol. The highest BCUT2D eigenvalue weighted by molar-refractivity contribution is 5.88. The normalized spacial score (nSPS) is 11.8. The van der Waals surface area contributed by atoms with Gasteiger partial charge in [0, 0.05) is 13.1 Å². The van der Waals surface area contributed by atoms with Gasteiger partial charge in [-0.1, -0.05) is 69.3 Å². The molecule has 0 aliphatic rings. The largest absolute Gasteiger partial charge is 0.484 e. The van der Waals surface area contributed by atoms with Crippen molar-refractivity contribution < 1.29 is 14.3 Å². The molecular weight excluding hydrogens is 364 g/mol. The van der Waals surface area contributed by atoms with Crippen molar-refractivity contribution in [2.45, 2.75) is 46.7 Å². The van der Waals surface area contributed by atoms with Gasteiger partial charge < -0.3 is 15.0 Å². The first kappa shape index (κ1) is 22.5. The maximum absolute atomic E-state index is 13.1. The molecule has 5 nitrogen and oxygen atoms in total. The summed E-state index contributed by atoms with van der Waals surface area (Å²) in [6, 6.07) is 16.8. The van der Waals surface area contributed by atoms with Crippen LogP contribution in [0.3, 0.4) is 0 Å². The average molecular weight is 397 g/mol. The molecule has 2 amide bonds. The lowest BCUT2D eigenvalue weighted by molar-refractivity contribution is -0.143. The van der Waals surface area contributed by atoms with Gasteiger partial charge in [0.15, 0.2) is 6.61 Å². The number of amides is 2. The van der Waals surface area contributed by atoms with Crippen molar-refractivity contribution in [2.75, 3.05) is 13.2 Å². The summed E-state index contributed by atoms with van der Waals surface area (Å²) in [6.45, 7) is 8.80. The molecular formula is C24H32N2O3. The number of carbonyl (C=O) groups is 2. The quantitative estimate of drug-likeness (QED) is 0.661. The van der Waals surface area contributed by atoms with Gasteiger partial charge in [-0.2, -0.15) is 0 Å². The maximum atomic E-state index is 13.1. The number of para-hydroxylation sites is 1. The van der Waals surface area contributed by atoms with Crippen LogP contribution in [0.5, 0.6) is 5.75 Å². The van der Waals surface area contributed by atoms with Crippen LogP contribution in [0.4, 0.5) is 0 Å². The molecule has 2 aromatic carbocycles. The topological polar surface area (TPSA) is 58.6 Å². The van der Waals surface area contributed by atoms with Crippen molar-refractivity contribution in [2.24, 2.45) is 5.92 Å². The Morgan fingerprint density at radius 2 is 1.69 bits per heavy atom. The first-order valence-corrected chi connectivity index (χ1v) is 10.2. The first-order valence-electron chi connectivity index (χ1n) is 10.2. The average Bonchev–Trinajstić information content (AvgIpc) is 2.72. The number of hydrogen-bond acceptors (Lipinski definition) is 3. The zero-order valence-corrected chi connectivity index (χ0v) is 17.9. The Morgan fingerprint density at radius 3 is 2.31 bits per heavy atom. The number of nitrogens with zero attached hydrogens (tertiary/aromatic N) is 1. The molecule has 0 bridgehead atoms. The summed E-state index contributed by atoms with van der Waals surface area (Å²) in [5.41, 5.74) is 1.95. The minimum atomic E-state index is -0.540. The van der Waals surface area contributed by atoms with Crippen LogP contribution in [0.2, 0.25) is 0 Å². The lowest BCUT2D eigenvalue weighted by Crippen LogP contribution is -2.50. The highest BCUT2D eigenvalue weighted by Crippen LogP contribution is 2.17. The number of hydrogen-bond donors (Lipinski definition) is 1. The Kier molecular flexibility index (Phi) is 8.71. The lowest BCUT2D eigenvalue weighted by atomic mass is 10.1. The number of nitrogens with one attached hydrogen (secondary N) is 1. The Balaban J connectivity index is 2.17. The molecule has 0 spiro atoms. The smallest absolute Gasteiger partial charge is 0.261 e. The molecule has 0 aromatic heterocycles. The van der Waals surface area contributed by atoms with E-state index in [9.17, 15) is 9.59 Å². The van der Waals surface area contributed by atoms with Gasteiger partial charge in [-0.05, 0) is 36.5 Å². The second kappa shape index (κ2) is 11.2. The molecule has 0 saturated heterocycles. The molecule has 29 heavy (non-hydrogen) atoms. The number of benzene rings is 2. The summed E-state index contributed by atoms with van der Waals surface area (Å²) in [4.78, 5) is 27.5. The molecule has 5 heteroatoms. The monoisotopic (exact) mass is 396 g/mol. The number of carbonyl (C=O) groups excluding carboxylic acids is 2. The molecule has 0 heterocycles. The van der Waals surface area contributed by atoms with Gasteiger partial charge in [0.1, 0.15) is 11.8 Å². The van der Waals surface area contributed by atoms with E-state index in [1.54, 1.807) is 4.90 Å². The fraction of sp³-hybridized carbons (Fsp3) is 0.417. The molecule has 0 saturated carbocycles. The van der Waals surface area contributed by atoms with Crippen molar-refractivity contribution in [3.63, 3.8) is 0 Å². The van der Waals surface area contributed by atoms with Crippen molar-refractivity contribution in [3.05, 3.63) is 65.7 Å². The lowest BCUT2D eigenvalue weighted by Gasteiger charge is -2.31. The second-order valence-corrected chi connectivity index (χ2v) is 7.62. The van der Waals surface area contributed by atoms with Crippen LogP contribution in [0, 0.1) is 12.8 Å². The first-order chi connectivity index (χ1) is 13.9. The maximum Gasteiger partial charge on any atom is 0.261 e. The molecule has 0 unspecified atom stereocenters. The van der Waals surface area contributed by atoms with Crippen LogP contribution >= 0.6 is 0 Å². The van der Waals surface area contributed by atoms with Crippen LogP contribution < -0.4 is 10.1 Å². The molecule has 2 aromatic rings. The summed E-state index contributed by atoms with van der Waals surface area (Å²) < 4.78 is 5.77. The molecule has 1 atom stereocenters. The number of aryl methyl sites for hydroxylation is 1.